The van der Waals surface area contributed by atoms with Gasteiger partial charge in [-0.2, -0.15) is 10.2 Å². The molecule has 0 aliphatic carbocycles. The predicted octanol–water partition coefficient (Wildman–Crippen LogP) is 4.01. The van der Waals surface area contributed by atoms with Gasteiger partial charge in [0.05, 0.1) is 11.6 Å². The zero-order valence-electron chi connectivity index (χ0n) is 13.3. The molecule has 5 heteroatoms. The van der Waals surface area contributed by atoms with E-state index in [9.17, 15) is 0 Å². The highest BCUT2D eigenvalue weighted by molar-refractivity contribution is 5.57. The van der Waals surface area contributed by atoms with E-state index in [4.69, 9.17) is 5.26 Å². The Labute approximate surface area is 141 Å². The molecule has 0 saturated heterocycles. The van der Waals surface area contributed by atoms with E-state index in [2.05, 4.69) is 51.8 Å². The van der Waals surface area contributed by atoms with Crippen molar-refractivity contribution in [2.24, 2.45) is 0 Å². The average Bonchev–Trinajstić information content (AvgIpc) is 2.61. The molecule has 2 N–H and O–H groups in total. The maximum atomic E-state index is 8.95. The number of anilines is 3. The van der Waals surface area contributed by atoms with Crippen molar-refractivity contribution in [1.82, 2.24) is 9.97 Å². The van der Waals surface area contributed by atoms with Gasteiger partial charge in [-0.05, 0) is 36.8 Å². The van der Waals surface area contributed by atoms with Gasteiger partial charge in [0.2, 0.25) is 5.95 Å². The van der Waals surface area contributed by atoms with E-state index in [1.165, 1.54) is 11.1 Å². The third kappa shape index (κ3) is 4.08. The van der Waals surface area contributed by atoms with Crippen molar-refractivity contribution < 1.29 is 0 Å². The van der Waals surface area contributed by atoms with Gasteiger partial charge in [-0.3, -0.25) is 0 Å². The van der Waals surface area contributed by atoms with Gasteiger partial charge in [-0.1, -0.05) is 35.9 Å². The summed E-state index contributed by atoms with van der Waals surface area (Å²) >= 11 is 0. The number of aromatic nitrogens is 2. The SMILES string of the molecule is Cc1cccc(CNc2ccnc(Nc3cccc(C#N)c3)n2)c1. The number of nitrogens with one attached hydrogen (secondary N) is 2. The molecule has 0 radical (unpaired) electrons. The monoisotopic (exact) mass is 315 g/mol. The zero-order valence-corrected chi connectivity index (χ0v) is 13.3. The van der Waals surface area contributed by atoms with Gasteiger partial charge < -0.3 is 10.6 Å². The van der Waals surface area contributed by atoms with Crippen LogP contribution in [0, 0.1) is 18.3 Å². The van der Waals surface area contributed by atoms with E-state index in [1.54, 1.807) is 18.3 Å². The normalized spacial score (nSPS) is 10.0. The molecule has 3 rings (SSSR count). The van der Waals surface area contributed by atoms with Gasteiger partial charge in [-0.25, -0.2) is 4.98 Å². The topological polar surface area (TPSA) is 73.6 Å². The van der Waals surface area contributed by atoms with Crippen LogP contribution in [0.25, 0.3) is 0 Å². The van der Waals surface area contributed by atoms with Crippen LogP contribution in [0.1, 0.15) is 16.7 Å². The number of nitriles is 1. The Morgan fingerprint density at radius 3 is 2.79 bits per heavy atom. The van der Waals surface area contributed by atoms with Gasteiger partial charge in [0.15, 0.2) is 0 Å². The van der Waals surface area contributed by atoms with Crippen molar-refractivity contribution in [1.29, 1.82) is 5.26 Å². The third-order valence-electron chi connectivity index (χ3n) is 3.46. The standard InChI is InChI=1S/C19H17N5/c1-14-4-2-6-16(10-14)13-22-18-8-9-21-19(24-18)23-17-7-3-5-15(11-17)12-20/h2-11H,13H2,1H3,(H2,21,22,23,24). The van der Waals surface area contributed by atoms with E-state index in [0.717, 1.165) is 11.5 Å². The molecular formula is C19H17N5. The van der Waals surface area contributed by atoms with E-state index in [1.807, 2.05) is 24.3 Å². The minimum Gasteiger partial charge on any atom is -0.366 e. The van der Waals surface area contributed by atoms with Crippen LogP contribution in [0.5, 0.6) is 0 Å². The minimum absolute atomic E-state index is 0.485. The molecule has 118 valence electrons. The second-order valence-corrected chi connectivity index (χ2v) is 5.43. The summed E-state index contributed by atoms with van der Waals surface area (Å²) in [7, 11) is 0. The summed E-state index contributed by atoms with van der Waals surface area (Å²) in [5.74, 6) is 1.23. The number of benzene rings is 2. The molecule has 1 heterocycles. The molecule has 0 spiro atoms. The lowest BCUT2D eigenvalue weighted by Crippen LogP contribution is -2.04. The lowest BCUT2D eigenvalue weighted by Gasteiger charge is -2.09. The molecule has 0 atom stereocenters. The molecule has 2 aromatic carbocycles. The van der Waals surface area contributed by atoms with E-state index in [0.29, 0.717) is 18.1 Å². The molecular weight excluding hydrogens is 298 g/mol. The molecule has 0 aliphatic heterocycles. The Hall–Kier alpha value is -3.39. The second kappa shape index (κ2) is 7.25. The number of rotatable bonds is 5. The molecule has 0 aliphatic rings. The Balaban J connectivity index is 1.68. The predicted molar refractivity (Wildman–Crippen MR) is 95.0 cm³/mol. The van der Waals surface area contributed by atoms with E-state index in [-0.39, 0.29) is 0 Å². The number of hydrogen-bond donors (Lipinski definition) is 2. The fourth-order valence-electron chi connectivity index (χ4n) is 2.33. The first-order chi connectivity index (χ1) is 11.7. The van der Waals surface area contributed by atoms with Crippen LogP contribution in [0.15, 0.2) is 60.8 Å². The number of hydrogen-bond acceptors (Lipinski definition) is 5. The molecule has 0 amide bonds. The lowest BCUT2D eigenvalue weighted by molar-refractivity contribution is 1.08. The summed E-state index contributed by atoms with van der Waals surface area (Å²) in [6.07, 6.45) is 1.70. The fourth-order valence-corrected chi connectivity index (χ4v) is 2.33. The van der Waals surface area contributed by atoms with Gasteiger partial charge in [0.25, 0.3) is 0 Å². The Morgan fingerprint density at radius 2 is 1.96 bits per heavy atom. The first-order valence-electron chi connectivity index (χ1n) is 7.62. The molecule has 0 saturated carbocycles. The highest BCUT2D eigenvalue weighted by atomic mass is 15.1. The Morgan fingerprint density at radius 1 is 1.08 bits per heavy atom. The quantitative estimate of drug-likeness (QED) is 0.744. The van der Waals surface area contributed by atoms with Crippen LogP contribution < -0.4 is 10.6 Å². The number of aryl methyl sites for hydroxylation is 1. The van der Waals surface area contributed by atoms with Gasteiger partial charge >= 0.3 is 0 Å². The van der Waals surface area contributed by atoms with Gasteiger partial charge in [-0.15, -0.1) is 0 Å². The lowest BCUT2D eigenvalue weighted by atomic mass is 10.1. The first-order valence-corrected chi connectivity index (χ1v) is 7.62. The fraction of sp³-hybridized carbons (Fsp3) is 0.105. The summed E-state index contributed by atoms with van der Waals surface area (Å²) in [4.78, 5) is 8.66. The summed E-state index contributed by atoms with van der Waals surface area (Å²) in [6, 6.07) is 19.5. The molecule has 0 bridgehead atoms. The molecule has 5 nitrogen and oxygen atoms in total. The third-order valence-corrected chi connectivity index (χ3v) is 3.46. The van der Waals surface area contributed by atoms with Gasteiger partial charge in [0.1, 0.15) is 5.82 Å². The average molecular weight is 315 g/mol. The summed E-state index contributed by atoms with van der Waals surface area (Å²) in [6.45, 7) is 2.77. The minimum atomic E-state index is 0.485. The number of nitrogens with zero attached hydrogens (tertiary/aromatic N) is 3. The van der Waals surface area contributed by atoms with Crippen LogP contribution in [-0.4, -0.2) is 9.97 Å². The highest BCUT2D eigenvalue weighted by Gasteiger charge is 2.02. The molecule has 1 aromatic heterocycles. The second-order valence-electron chi connectivity index (χ2n) is 5.43. The van der Waals surface area contributed by atoms with E-state index < -0.39 is 0 Å². The molecule has 3 aromatic rings. The first kappa shape index (κ1) is 15.5. The summed E-state index contributed by atoms with van der Waals surface area (Å²) in [5, 5.41) is 15.4. The summed E-state index contributed by atoms with van der Waals surface area (Å²) in [5.41, 5.74) is 3.81. The highest BCUT2D eigenvalue weighted by Crippen LogP contribution is 2.16. The molecule has 0 fully saturated rings. The van der Waals surface area contributed by atoms with Crippen molar-refractivity contribution in [3.8, 4) is 6.07 Å². The summed E-state index contributed by atoms with van der Waals surface area (Å²) < 4.78 is 0. The van der Waals surface area contributed by atoms with Crippen molar-refractivity contribution in [2.45, 2.75) is 13.5 Å². The zero-order chi connectivity index (χ0) is 16.8. The van der Waals surface area contributed by atoms with Crippen molar-refractivity contribution in [3.63, 3.8) is 0 Å². The Bertz CT molecular complexity index is 883. The van der Waals surface area contributed by atoms with Crippen LogP contribution >= 0.6 is 0 Å². The largest absolute Gasteiger partial charge is 0.366 e. The van der Waals surface area contributed by atoms with Crippen molar-refractivity contribution in [3.05, 3.63) is 77.5 Å². The van der Waals surface area contributed by atoms with Crippen LogP contribution in [0.3, 0.4) is 0 Å². The maximum Gasteiger partial charge on any atom is 0.229 e. The van der Waals surface area contributed by atoms with Crippen LogP contribution in [-0.2, 0) is 6.54 Å². The molecule has 24 heavy (non-hydrogen) atoms. The van der Waals surface area contributed by atoms with Gasteiger partial charge in [0, 0.05) is 18.4 Å². The van der Waals surface area contributed by atoms with Crippen LogP contribution in [0.4, 0.5) is 17.5 Å². The Kier molecular flexibility index (Phi) is 4.68. The van der Waals surface area contributed by atoms with Crippen molar-refractivity contribution in [2.75, 3.05) is 10.6 Å². The van der Waals surface area contributed by atoms with Crippen LogP contribution in [0.2, 0.25) is 0 Å². The van der Waals surface area contributed by atoms with Crippen molar-refractivity contribution >= 4 is 17.5 Å². The van der Waals surface area contributed by atoms with E-state index >= 15 is 0 Å². The molecule has 0 unspecified atom stereocenters. The smallest absolute Gasteiger partial charge is 0.229 e. The maximum absolute atomic E-state index is 8.95.